The molecule has 0 saturated carbocycles. The molecule has 1 rings (SSSR count). The van der Waals surface area contributed by atoms with Gasteiger partial charge in [0.05, 0.1) is 13.5 Å². The fourth-order valence-electron chi connectivity index (χ4n) is 2.20. The van der Waals surface area contributed by atoms with Crippen LogP contribution >= 0.6 is 0 Å². The van der Waals surface area contributed by atoms with E-state index >= 15 is 0 Å². The van der Waals surface area contributed by atoms with Crippen LogP contribution in [0.2, 0.25) is 0 Å². The van der Waals surface area contributed by atoms with Crippen molar-refractivity contribution < 1.29 is 19.1 Å². The van der Waals surface area contributed by atoms with Crippen LogP contribution in [0.5, 0.6) is 0 Å². The maximum absolute atomic E-state index is 12.0. The number of amides is 1. The van der Waals surface area contributed by atoms with Crippen molar-refractivity contribution in [1.29, 1.82) is 0 Å². The van der Waals surface area contributed by atoms with E-state index in [1.54, 1.807) is 4.90 Å². The summed E-state index contributed by atoms with van der Waals surface area (Å²) in [4.78, 5) is 25.1. The van der Waals surface area contributed by atoms with Crippen molar-refractivity contribution in [3.63, 3.8) is 0 Å². The standard InChI is InChI=1S/C14H25NO4/c1-10-6-7-15(13(17)19-14(2,3)4)9-11(10)8-12(16)18-5/h10-11H,6-9H2,1-5H3/t10-,11-/m0/s1. The second-order valence-corrected chi connectivity index (χ2v) is 6.23. The maximum Gasteiger partial charge on any atom is 0.410 e. The molecule has 0 aromatic rings. The molecule has 1 heterocycles. The van der Waals surface area contributed by atoms with E-state index in [4.69, 9.17) is 9.47 Å². The molecular formula is C14H25NO4. The van der Waals surface area contributed by atoms with Crippen molar-refractivity contribution in [2.45, 2.75) is 46.1 Å². The van der Waals surface area contributed by atoms with Gasteiger partial charge in [-0.3, -0.25) is 4.79 Å². The van der Waals surface area contributed by atoms with E-state index in [2.05, 4.69) is 6.92 Å². The molecule has 110 valence electrons. The number of likely N-dealkylation sites (tertiary alicyclic amines) is 1. The quantitative estimate of drug-likeness (QED) is 0.724. The van der Waals surface area contributed by atoms with Gasteiger partial charge in [0.15, 0.2) is 0 Å². The Morgan fingerprint density at radius 3 is 2.47 bits per heavy atom. The van der Waals surface area contributed by atoms with Gasteiger partial charge >= 0.3 is 12.1 Å². The largest absolute Gasteiger partial charge is 0.469 e. The Morgan fingerprint density at radius 1 is 1.32 bits per heavy atom. The van der Waals surface area contributed by atoms with Gasteiger partial charge in [0, 0.05) is 13.1 Å². The summed E-state index contributed by atoms with van der Waals surface area (Å²) in [6, 6.07) is 0. The van der Waals surface area contributed by atoms with Crippen molar-refractivity contribution in [3.8, 4) is 0 Å². The van der Waals surface area contributed by atoms with Gasteiger partial charge in [0.2, 0.25) is 0 Å². The van der Waals surface area contributed by atoms with Gasteiger partial charge in [-0.2, -0.15) is 0 Å². The van der Waals surface area contributed by atoms with E-state index in [0.29, 0.717) is 25.4 Å². The first-order valence-corrected chi connectivity index (χ1v) is 6.77. The topological polar surface area (TPSA) is 55.8 Å². The molecule has 0 unspecified atom stereocenters. The van der Waals surface area contributed by atoms with Gasteiger partial charge in [-0.15, -0.1) is 0 Å². The minimum atomic E-state index is -0.488. The van der Waals surface area contributed by atoms with Gasteiger partial charge in [-0.25, -0.2) is 4.79 Å². The summed E-state index contributed by atoms with van der Waals surface area (Å²) in [5.41, 5.74) is -0.488. The SMILES string of the molecule is COC(=O)C[C@H]1CN(C(=O)OC(C)(C)C)CC[C@@H]1C. The predicted molar refractivity (Wildman–Crippen MR) is 71.7 cm³/mol. The normalized spacial score (nSPS) is 23.9. The minimum Gasteiger partial charge on any atom is -0.469 e. The monoisotopic (exact) mass is 271 g/mol. The first kappa shape index (κ1) is 15.8. The first-order valence-electron chi connectivity index (χ1n) is 6.77. The zero-order valence-electron chi connectivity index (χ0n) is 12.6. The van der Waals surface area contributed by atoms with Crippen LogP contribution in [0.3, 0.4) is 0 Å². The molecule has 1 aliphatic rings. The van der Waals surface area contributed by atoms with Gasteiger partial charge in [-0.05, 0) is 39.0 Å². The van der Waals surface area contributed by atoms with E-state index in [-0.39, 0.29) is 18.0 Å². The molecule has 1 fully saturated rings. The van der Waals surface area contributed by atoms with Crippen molar-refractivity contribution in [2.24, 2.45) is 11.8 Å². The highest BCUT2D eigenvalue weighted by Gasteiger charge is 2.32. The van der Waals surface area contributed by atoms with Crippen molar-refractivity contribution in [3.05, 3.63) is 0 Å². The molecule has 0 aromatic heterocycles. The lowest BCUT2D eigenvalue weighted by molar-refractivity contribution is -0.142. The van der Waals surface area contributed by atoms with Gasteiger partial charge in [-0.1, -0.05) is 6.92 Å². The molecule has 19 heavy (non-hydrogen) atoms. The smallest absolute Gasteiger partial charge is 0.410 e. The number of hydrogen-bond donors (Lipinski definition) is 0. The second-order valence-electron chi connectivity index (χ2n) is 6.23. The molecular weight excluding hydrogens is 246 g/mol. The molecule has 0 aliphatic carbocycles. The van der Waals surface area contributed by atoms with E-state index in [9.17, 15) is 9.59 Å². The van der Waals surface area contributed by atoms with Gasteiger partial charge in [0.1, 0.15) is 5.60 Å². The van der Waals surface area contributed by atoms with E-state index < -0.39 is 5.60 Å². The number of hydrogen-bond acceptors (Lipinski definition) is 4. The average molecular weight is 271 g/mol. The number of nitrogens with zero attached hydrogens (tertiary/aromatic N) is 1. The minimum absolute atomic E-state index is 0.147. The van der Waals surface area contributed by atoms with Crippen LogP contribution in [0, 0.1) is 11.8 Å². The molecule has 0 radical (unpaired) electrons. The molecule has 1 amide bonds. The predicted octanol–water partition coefficient (Wildman–Crippen LogP) is 2.44. The van der Waals surface area contributed by atoms with Gasteiger partial charge in [0.25, 0.3) is 0 Å². The Morgan fingerprint density at radius 2 is 1.95 bits per heavy atom. The van der Waals surface area contributed by atoms with Crippen LogP contribution in [-0.4, -0.2) is 42.8 Å². The van der Waals surface area contributed by atoms with Crippen LogP contribution in [0.15, 0.2) is 0 Å². The molecule has 5 heteroatoms. The van der Waals surface area contributed by atoms with E-state index in [1.807, 2.05) is 20.8 Å². The Labute approximate surface area is 115 Å². The fraction of sp³-hybridized carbons (Fsp3) is 0.857. The number of rotatable bonds is 2. The van der Waals surface area contributed by atoms with Crippen molar-refractivity contribution >= 4 is 12.1 Å². The van der Waals surface area contributed by atoms with Crippen LogP contribution in [-0.2, 0) is 14.3 Å². The fourth-order valence-corrected chi connectivity index (χ4v) is 2.20. The molecule has 5 nitrogen and oxygen atoms in total. The van der Waals surface area contributed by atoms with Crippen molar-refractivity contribution in [1.82, 2.24) is 4.90 Å². The van der Waals surface area contributed by atoms with Crippen LogP contribution in [0.25, 0.3) is 0 Å². The molecule has 0 N–H and O–H groups in total. The third kappa shape index (κ3) is 5.09. The number of esters is 1. The van der Waals surface area contributed by atoms with Crippen LogP contribution in [0.4, 0.5) is 4.79 Å². The Bertz CT molecular complexity index is 335. The van der Waals surface area contributed by atoms with Crippen LogP contribution < -0.4 is 0 Å². The molecule has 1 saturated heterocycles. The summed E-state index contributed by atoms with van der Waals surface area (Å²) in [6.45, 7) is 8.91. The lowest BCUT2D eigenvalue weighted by Gasteiger charge is -2.37. The molecule has 0 aromatic carbocycles. The molecule has 2 atom stereocenters. The summed E-state index contributed by atoms with van der Waals surface area (Å²) >= 11 is 0. The summed E-state index contributed by atoms with van der Waals surface area (Å²) < 4.78 is 10.1. The van der Waals surface area contributed by atoms with Crippen molar-refractivity contribution in [2.75, 3.05) is 20.2 Å². The zero-order chi connectivity index (χ0) is 14.6. The molecule has 1 aliphatic heterocycles. The maximum atomic E-state index is 12.0. The molecule has 0 bridgehead atoms. The summed E-state index contributed by atoms with van der Waals surface area (Å²) in [5, 5.41) is 0. The third-order valence-corrected chi connectivity index (χ3v) is 3.42. The highest BCUT2D eigenvalue weighted by atomic mass is 16.6. The average Bonchev–Trinajstić information content (AvgIpc) is 2.29. The Hall–Kier alpha value is -1.26. The van der Waals surface area contributed by atoms with E-state index in [0.717, 1.165) is 6.42 Å². The number of ether oxygens (including phenoxy) is 2. The van der Waals surface area contributed by atoms with Crippen LogP contribution in [0.1, 0.15) is 40.5 Å². The second kappa shape index (κ2) is 6.26. The molecule has 0 spiro atoms. The Balaban J connectivity index is 2.58. The Kier molecular flexibility index (Phi) is 5.20. The zero-order valence-corrected chi connectivity index (χ0v) is 12.6. The summed E-state index contributed by atoms with van der Waals surface area (Å²) in [7, 11) is 1.39. The number of carbonyl (C=O) groups excluding carboxylic acids is 2. The lowest BCUT2D eigenvalue weighted by Crippen LogP contribution is -2.45. The first-order chi connectivity index (χ1) is 8.73. The third-order valence-electron chi connectivity index (χ3n) is 3.42. The number of methoxy groups -OCH3 is 1. The number of piperidine rings is 1. The van der Waals surface area contributed by atoms with E-state index in [1.165, 1.54) is 7.11 Å². The lowest BCUT2D eigenvalue weighted by atomic mass is 9.85. The number of carbonyl (C=O) groups is 2. The summed E-state index contributed by atoms with van der Waals surface area (Å²) in [5.74, 6) is 0.342. The highest BCUT2D eigenvalue weighted by Crippen LogP contribution is 2.27. The highest BCUT2D eigenvalue weighted by molar-refractivity contribution is 5.70. The summed E-state index contributed by atoms with van der Waals surface area (Å²) in [6.07, 6.45) is 0.951. The van der Waals surface area contributed by atoms with Gasteiger partial charge < -0.3 is 14.4 Å².